The van der Waals surface area contributed by atoms with Gasteiger partial charge in [-0.15, -0.1) is 11.8 Å². The van der Waals surface area contributed by atoms with Crippen LogP contribution in [0.1, 0.15) is 33.7 Å². The van der Waals surface area contributed by atoms with Crippen LogP contribution in [0, 0.1) is 5.82 Å². The van der Waals surface area contributed by atoms with Gasteiger partial charge >= 0.3 is 0 Å². The molecule has 232 valence electrons. The largest absolute Gasteiger partial charge is 0.321 e. The van der Waals surface area contributed by atoms with E-state index in [1.165, 1.54) is 41.7 Å². The molecule has 3 N–H and O–H groups in total. The van der Waals surface area contributed by atoms with Crippen LogP contribution in [0.5, 0.6) is 0 Å². The van der Waals surface area contributed by atoms with E-state index in [-0.39, 0.29) is 17.2 Å². The number of halogens is 1. The maximum atomic E-state index is 14.5. The first-order valence-corrected chi connectivity index (χ1v) is 16.8. The van der Waals surface area contributed by atoms with Crippen molar-refractivity contribution in [3.63, 3.8) is 0 Å². The third-order valence-corrected chi connectivity index (χ3v) is 9.09. The van der Waals surface area contributed by atoms with Crippen molar-refractivity contribution in [2.75, 3.05) is 16.4 Å². The molecule has 12 heteroatoms. The average Bonchev–Trinajstić information content (AvgIpc) is 3.52. The van der Waals surface area contributed by atoms with E-state index in [1.54, 1.807) is 66.7 Å². The average molecular weight is 670 g/mol. The van der Waals surface area contributed by atoms with Gasteiger partial charge in [0.25, 0.3) is 11.8 Å². The molecule has 1 atom stereocenters. The summed E-state index contributed by atoms with van der Waals surface area (Å²) in [5, 5.41) is 8.73. The zero-order chi connectivity index (χ0) is 32.3. The third-order valence-electron chi connectivity index (χ3n) is 6.35. The van der Waals surface area contributed by atoms with E-state index in [0.29, 0.717) is 21.5 Å². The number of amides is 3. The van der Waals surface area contributed by atoms with E-state index in [9.17, 15) is 18.8 Å². The Morgan fingerprint density at radius 2 is 1.54 bits per heavy atom. The predicted octanol–water partition coefficient (Wildman–Crippen LogP) is 7.67. The molecule has 0 bridgehead atoms. The number of rotatable bonds is 12. The number of nitrogens with one attached hydrogen (secondary N) is 3. The Morgan fingerprint density at radius 1 is 0.870 bits per heavy atom. The van der Waals surface area contributed by atoms with Crippen LogP contribution < -0.4 is 16.0 Å². The Labute approximate surface area is 278 Å². The van der Waals surface area contributed by atoms with Gasteiger partial charge in [0.05, 0.1) is 0 Å². The highest BCUT2D eigenvalue weighted by atomic mass is 32.2. The summed E-state index contributed by atoms with van der Waals surface area (Å²) < 4.78 is 18.7. The fourth-order valence-electron chi connectivity index (χ4n) is 4.16. The first-order chi connectivity index (χ1) is 22.4. The van der Waals surface area contributed by atoms with Crippen LogP contribution >= 0.6 is 35.1 Å². The Balaban J connectivity index is 1.32. The molecule has 0 fully saturated rings. The molecule has 0 aliphatic carbocycles. The van der Waals surface area contributed by atoms with Crippen molar-refractivity contribution >= 4 is 69.7 Å². The minimum atomic E-state index is -0.632. The number of carbonyl (C=O) groups is 3. The fraction of sp³-hybridized carbons (Fsp3) is 0.0882. The highest BCUT2D eigenvalue weighted by molar-refractivity contribution is 8.00. The lowest BCUT2D eigenvalue weighted by atomic mass is 10.1. The van der Waals surface area contributed by atoms with Crippen molar-refractivity contribution in [1.29, 1.82) is 0 Å². The Kier molecular flexibility index (Phi) is 11.3. The summed E-state index contributed by atoms with van der Waals surface area (Å²) >= 11 is 3.98. The highest BCUT2D eigenvalue weighted by Gasteiger charge is 2.24. The van der Waals surface area contributed by atoms with Crippen LogP contribution in [-0.4, -0.2) is 32.8 Å². The zero-order valence-corrected chi connectivity index (χ0v) is 26.9. The smallest absolute Gasteiger partial charge is 0.272 e. The van der Waals surface area contributed by atoms with Crippen molar-refractivity contribution < 1.29 is 18.8 Å². The van der Waals surface area contributed by atoms with E-state index in [0.717, 1.165) is 27.7 Å². The Morgan fingerprint density at radius 3 is 2.24 bits per heavy atom. The molecule has 0 aliphatic heterocycles. The van der Waals surface area contributed by atoms with Gasteiger partial charge in [0.2, 0.25) is 16.2 Å². The first kappa shape index (κ1) is 32.6. The molecule has 5 rings (SSSR count). The SMILES string of the molecule is CCSc1nsc(NC(=O)C(Sc2ccc(NC(=O)/C(=C/c3ccccc3F)NC(=O)c3ccccc3)cc2)c2ccccc2)n1. The van der Waals surface area contributed by atoms with E-state index < -0.39 is 22.9 Å². The molecular formula is C34H28FN5O3S3. The number of benzene rings is 4. The summed E-state index contributed by atoms with van der Waals surface area (Å²) in [5.41, 5.74) is 1.62. The lowest BCUT2D eigenvalue weighted by Gasteiger charge is -2.16. The summed E-state index contributed by atoms with van der Waals surface area (Å²) in [6, 6.07) is 30.7. The van der Waals surface area contributed by atoms with Crippen molar-refractivity contribution in [2.24, 2.45) is 0 Å². The van der Waals surface area contributed by atoms with Gasteiger partial charge in [0.1, 0.15) is 16.8 Å². The van der Waals surface area contributed by atoms with Crippen LogP contribution in [0.3, 0.4) is 0 Å². The van der Waals surface area contributed by atoms with Gasteiger partial charge in [0, 0.05) is 33.2 Å². The van der Waals surface area contributed by atoms with Gasteiger partial charge in [0.15, 0.2) is 0 Å². The van der Waals surface area contributed by atoms with Gasteiger partial charge in [-0.2, -0.15) is 9.36 Å². The second-order valence-corrected chi connectivity index (χ2v) is 12.8. The fourth-order valence-corrected chi connectivity index (χ4v) is 6.46. The number of nitrogens with zero attached hydrogens (tertiary/aromatic N) is 2. The first-order valence-electron chi connectivity index (χ1n) is 14.1. The normalized spacial score (nSPS) is 11.8. The van der Waals surface area contributed by atoms with Gasteiger partial charge in [-0.05, 0) is 59.9 Å². The quantitative estimate of drug-likeness (QED) is 0.0923. The van der Waals surface area contributed by atoms with Crippen LogP contribution in [0.4, 0.5) is 15.2 Å². The van der Waals surface area contributed by atoms with Crippen molar-refractivity contribution in [3.8, 4) is 0 Å². The van der Waals surface area contributed by atoms with Crippen molar-refractivity contribution in [2.45, 2.75) is 22.2 Å². The topological polar surface area (TPSA) is 113 Å². The van der Waals surface area contributed by atoms with Crippen molar-refractivity contribution in [3.05, 3.63) is 137 Å². The zero-order valence-electron chi connectivity index (χ0n) is 24.5. The molecule has 0 aliphatic rings. The molecule has 0 spiro atoms. The molecule has 46 heavy (non-hydrogen) atoms. The number of carbonyl (C=O) groups excluding carboxylic acids is 3. The number of hydrogen-bond donors (Lipinski definition) is 3. The molecule has 0 radical (unpaired) electrons. The Bertz CT molecular complexity index is 1830. The summed E-state index contributed by atoms with van der Waals surface area (Å²) in [6.07, 6.45) is 1.29. The van der Waals surface area contributed by atoms with Gasteiger partial charge in [-0.3, -0.25) is 19.7 Å². The number of hydrogen-bond acceptors (Lipinski definition) is 8. The molecule has 3 amide bonds. The molecule has 1 heterocycles. The third kappa shape index (κ3) is 8.90. The van der Waals surface area contributed by atoms with E-state index in [2.05, 4.69) is 25.3 Å². The minimum Gasteiger partial charge on any atom is -0.321 e. The van der Waals surface area contributed by atoms with Crippen LogP contribution in [0.15, 0.2) is 125 Å². The maximum absolute atomic E-state index is 14.5. The standard InChI is InChI=1S/C34H28FN5O3S3/c1-2-44-34-39-33(46-40-34)38-32(43)29(22-11-5-3-6-12-22)45-26-19-17-25(18-20-26)36-31(42)28(21-24-15-9-10-16-27(24)35)37-30(41)23-13-7-4-8-14-23/h3-21,29H,2H2,1H3,(H,36,42)(H,37,41)(H,38,39,40,43)/b28-21-. The lowest BCUT2D eigenvalue weighted by Crippen LogP contribution is -2.30. The molecule has 1 aromatic heterocycles. The van der Waals surface area contributed by atoms with Gasteiger partial charge < -0.3 is 10.6 Å². The van der Waals surface area contributed by atoms with E-state index in [1.807, 2.05) is 37.3 Å². The maximum Gasteiger partial charge on any atom is 0.272 e. The summed E-state index contributed by atoms with van der Waals surface area (Å²) in [5.74, 6) is -1.09. The predicted molar refractivity (Wildman–Crippen MR) is 183 cm³/mol. The van der Waals surface area contributed by atoms with Gasteiger partial charge in [-0.1, -0.05) is 85.4 Å². The van der Waals surface area contributed by atoms with E-state index in [4.69, 9.17) is 0 Å². The monoisotopic (exact) mass is 669 g/mol. The lowest BCUT2D eigenvalue weighted by molar-refractivity contribution is -0.116. The molecule has 1 unspecified atom stereocenters. The molecule has 0 saturated carbocycles. The van der Waals surface area contributed by atoms with Gasteiger partial charge in [-0.25, -0.2) is 4.39 Å². The summed E-state index contributed by atoms with van der Waals surface area (Å²) in [4.78, 5) is 44.8. The Hall–Kier alpha value is -4.78. The number of thioether (sulfide) groups is 2. The second-order valence-electron chi connectivity index (χ2n) is 9.59. The summed E-state index contributed by atoms with van der Waals surface area (Å²) in [7, 11) is 0. The molecular weight excluding hydrogens is 642 g/mol. The van der Waals surface area contributed by atoms with E-state index >= 15 is 0 Å². The molecule has 4 aromatic carbocycles. The number of aromatic nitrogens is 2. The molecule has 8 nitrogen and oxygen atoms in total. The van der Waals surface area contributed by atoms with Crippen molar-refractivity contribution in [1.82, 2.24) is 14.7 Å². The second kappa shape index (κ2) is 16.0. The minimum absolute atomic E-state index is 0.129. The highest BCUT2D eigenvalue weighted by Crippen LogP contribution is 2.37. The molecule has 5 aromatic rings. The van der Waals surface area contributed by atoms with Crippen LogP contribution in [0.25, 0.3) is 6.08 Å². The number of anilines is 2. The van der Waals surface area contributed by atoms with Crippen LogP contribution in [0.2, 0.25) is 0 Å². The van der Waals surface area contributed by atoms with Crippen LogP contribution in [-0.2, 0) is 9.59 Å². The summed E-state index contributed by atoms with van der Waals surface area (Å²) in [6.45, 7) is 2.01. The molecule has 0 saturated heterocycles.